The number of nitrogens with zero attached hydrogens (tertiary/aromatic N) is 1. The summed E-state index contributed by atoms with van der Waals surface area (Å²) in [5, 5.41) is 11.9. The van der Waals surface area contributed by atoms with Gasteiger partial charge in [0.15, 0.2) is 0 Å². The van der Waals surface area contributed by atoms with Crippen LogP contribution in [0.4, 0.5) is 0 Å². The first-order valence-electron chi connectivity index (χ1n) is 10.2. The molecule has 0 radical (unpaired) electrons. The molecule has 3 rings (SSSR count). The second-order valence-electron chi connectivity index (χ2n) is 7.90. The van der Waals surface area contributed by atoms with E-state index in [0.29, 0.717) is 5.71 Å². The van der Waals surface area contributed by atoms with Crippen LogP contribution < -0.4 is 5.32 Å². The van der Waals surface area contributed by atoms with Crippen LogP contribution >= 0.6 is 0 Å². The van der Waals surface area contributed by atoms with Gasteiger partial charge in [-0.05, 0) is 55.0 Å². The lowest BCUT2D eigenvalue weighted by Crippen LogP contribution is -2.27. The monoisotopic (exact) mass is 363 g/mol. The van der Waals surface area contributed by atoms with Crippen molar-refractivity contribution >= 4 is 11.3 Å². The summed E-state index contributed by atoms with van der Waals surface area (Å²) in [4.78, 5) is 2.59. The van der Waals surface area contributed by atoms with Crippen molar-refractivity contribution in [3.8, 4) is 0 Å². The van der Waals surface area contributed by atoms with Gasteiger partial charge in [0.1, 0.15) is 0 Å². The van der Waals surface area contributed by atoms with Gasteiger partial charge in [-0.2, -0.15) is 0 Å². The highest BCUT2D eigenvalue weighted by Crippen LogP contribution is 2.34. The standard InChI is InChI=1S/C24H33N3/c1-5-12-27-13-10-21-16-26-19(4)24(25)18(3)15-23(22(21)11-14-27)20-8-6-17(2)7-9-20/h6-9,15,18,25-26H,4-5,10-14,16H2,1-3H3/b23-15-,25-24?. The first kappa shape index (κ1) is 19.6. The van der Waals surface area contributed by atoms with Gasteiger partial charge in [0, 0.05) is 31.2 Å². The summed E-state index contributed by atoms with van der Waals surface area (Å²) in [6.45, 7) is 14.8. The number of rotatable bonds is 3. The fourth-order valence-corrected chi connectivity index (χ4v) is 4.08. The van der Waals surface area contributed by atoms with Crippen LogP contribution in [-0.2, 0) is 0 Å². The van der Waals surface area contributed by atoms with Crippen molar-refractivity contribution in [1.29, 1.82) is 5.41 Å². The van der Waals surface area contributed by atoms with Crippen LogP contribution in [0.5, 0.6) is 0 Å². The zero-order valence-electron chi connectivity index (χ0n) is 17.1. The van der Waals surface area contributed by atoms with E-state index < -0.39 is 0 Å². The van der Waals surface area contributed by atoms with Crippen molar-refractivity contribution in [3.63, 3.8) is 0 Å². The molecule has 1 aromatic carbocycles. The van der Waals surface area contributed by atoms with Crippen molar-refractivity contribution in [2.75, 3.05) is 26.2 Å². The molecule has 0 saturated heterocycles. The fraction of sp³-hybridized carbons (Fsp3) is 0.458. The summed E-state index contributed by atoms with van der Waals surface area (Å²) in [7, 11) is 0. The summed E-state index contributed by atoms with van der Waals surface area (Å²) in [5.41, 5.74) is 8.15. The van der Waals surface area contributed by atoms with Crippen molar-refractivity contribution in [3.05, 3.63) is 64.9 Å². The van der Waals surface area contributed by atoms with E-state index in [2.05, 4.69) is 67.9 Å². The van der Waals surface area contributed by atoms with Crippen LogP contribution in [0.2, 0.25) is 0 Å². The number of aryl methyl sites for hydroxylation is 1. The van der Waals surface area contributed by atoms with Crippen LogP contribution in [0.15, 0.2) is 53.8 Å². The Hall–Kier alpha value is -2.13. The maximum atomic E-state index is 8.48. The van der Waals surface area contributed by atoms with Gasteiger partial charge in [-0.1, -0.05) is 56.3 Å². The van der Waals surface area contributed by atoms with E-state index in [1.165, 1.54) is 40.8 Å². The molecule has 2 aliphatic heterocycles. The van der Waals surface area contributed by atoms with Crippen LogP contribution in [-0.4, -0.2) is 36.8 Å². The molecule has 2 N–H and O–H groups in total. The van der Waals surface area contributed by atoms with E-state index in [9.17, 15) is 0 Å². The summed E-state index contributed by atoms with van der Waals surface area (Å²) in [6, 6.07) is 8.85. The highest BCUT2D eigenvalue weighted by molar-refractivity contribution is 6.01. The van der Waals surface area contributed by atoms with Crippen LogP contribution in [0, 0.1) is 18.3 Å². The van der Waals surface area contributed by atoms with Gasteiger partial charge in [0.05, 0.1) is 5.71 Å². The van der Waals surface area contributed by atoms with E-state index in [1.807, 2.05) is 0 Å². The predicted octanol–water partition coefficient (Wildman–Crippen LogP) is 4.95. The summed E-state index contributed by atoms with van der Waals surface area (Å²) in [6.07, 6.45) is 5.65. The molecule has 1 atom stereocenters. The van der Waals surface area contributed by atoms with Crippen LogP contribution in [0.1, 0.15) is 44.2 Å². The molecular weight excluding hydrogens is 330 g/mol. The van der Waals surface area contributed by atoms with Gasteiger partial charge < -0.3 is 15.6 Å². The van der Waals surface area contributed by atoms with E-state index in [0.717, 1.165) is 38.2 Å². The third kappa shape index (κ3) is 4.59. The SMILES string of the molecule is C=C1NCC2=C(CCN(CCC)CC2)/C(c2ccc(C)cc2)=C\C(C)C1=N. The van der Waals surface area contributed by atoms with E-state index in [4.69, 9.17) is 5.41 Å². The number of nitrogens with one attached hydrogen (secondary N) is 2. The predicted molar refractivity (Wildman–Crippen MR) is 116 cm³/mol. The normalized spacial score (nSPS) is 24.1. The molecule has 0 aromatic heterocycles. The van der Waals surface area contributed by atoms with E-state index in [1.54, 1.807) is 0 Å². The third-order valence-electron chi connectivity index (χ3n) is 5.77. The van der Waals surface area contributed by atoms with Crippen molar-refractivity contribution < 1.29 is 0 Å². The average Bonchev–Trinajstić information content (AvgIpc) is 2.84. The van der Waals surface area contributed by atoms with Gasteiger partial charge in [0.25, 0.3) is 0 Å². The van der Waals surface area contributed by atoms with Crippen molar-refractivity contribution in [2.24, 2.45) is 5.92 Å². The maximum absolute atomic E-state index is 8.48. The van der Waals surface area contributed by atoms with Crippen LogP contribution in [0.3, 0.4) is 0 Å². The molecule has 3 nitrogen and oxygen atoms in total. The van der Waals surface area contributed by atoms with Crippen molar-refractivity contribution in [2.45, 2.75) is 40.0 Å². The zero-order chi connectivity index (χ0) is 19.4. The Morgan fingerprint density at radius 3 is 2.59 bits per heavy atom. The smallest absolute Gasteiger partial charge is 0.0605 e. The van der Waals surface area contributed by atoms with E-state index >= 15 is 0 Å². The quantitative estimate of drug-likeness (QED) is 0.797. The van der Waals surface area contributed by atoms with Crippen molar-refractivity contribution in [1.82, 2.24) is 10.2 Å². The molecule has 27 heavy (non-hydrogen) atoms. The second kappa shape index (κ2) is 8.71. The lowest BCUT2D eigenvalue weighted by molar-refractivity contribution is 0.287. The second-order valence-corrected chi connectivity index (χ2v) is 7.90. The Balaban J connectivity index is 2.06. The largest absolute Gasteiger partial charge is 0.380 e. The average molecular weight is 364 g/mol. The Morgan fingerprint density at radius 2 is 1.89 bits per heavy atom. The Kier molecular flexibility index (Phi) is 6.33. The molecule has 1 unspecified atom stereocenters. The minimum Gasteiger partial charge on any atom is -0.380 e. The number of benzene rings is 1. The lowest BCUT2D eigenvalue weighted by Gasteiger charge is -2.20. The highest BCUT2D eigenvalue weighted by atomic mass is 15.1. The molecule has 2 heterocycles. The summed E-state index contributed by atoms with van der Waals surface area (Å²) < 4.78 is 0. The molecular formula is C24H33N3. The van der Waals surface area contributed by atoms with Gasteiger partial charge >= 0.3 is 0 Å². The minimum atomic E-state index is 0.0446. The molecule has 144 valence electrons. The Morgan fingerprint density at radius 1 is 1.19 bits per heavy atom. The molecule has 2 aliphatic rings. The molecule has 0 bridgehead atoms. The van der Waals surface area contributed by atoms with Gasteiger partial charge in [-0.15, -0.1) is 0 Å². The highest BCUT2D eigenvalue weighted by Gasteiger charge is 2.23. The summed E-state index contributed by atoms with van der Waals surface area (Å²) >= 11 is 0. The molecule has 0 amide bonds. The van der Waals surface area contributed by atoms with E-state index in [-0.39, 0.29) is 5.92 Å². The van der Waals surface area contributed by atoms with Gasteiger partial charge in [-0.3, -0.25) is 0 Å². The topological polar surface area (TPSA) is 39.1 Å². The number of hydrogen-bond acceptors (Lipinski definition) is 3. The number of hydrogen-bond donors (Lipinski definition) is 2. The molecule has 0 spiro atoms. The number of allylic oxidation sites excluding steroid dienone is 3. The lowest BCUT2D eigenvalue weighted by atomic mass is 9.88. The third-order valence-corrected chi connectivity index (χ3v) is 5.77. The van der Waals surface area contributed by atoms with Crippen LogP contribution in [0.25, 0.3) is 5.57 Å². The molecule has 3 heteroatoms. The molecule has 0 aliphatic carbocycles. The maximum Gasteiger partial charge on any atom is 0.0605 e. The van der Waals surface area contributed by atoms with Gasteiger partial charge in [-0.25, -0.2) is 0 Å². The Labute approximate surface area is 164 Å². The molecule has 0 fully saturated rings. The first-order valence-corrected chi connectivity index (χ1v) is 10.2. The molecule has 0 saturated carbocycles. The fourth-order valence-electron chi connectivity index (χ4n) is 4.08. The Bertz CT molecular complexity index is 767. The van der Waals surface area contributed by atoms with Gasteiger partial charge in [0.2, 0.25) is 0 Å². The minimum absolute atomic E-state index is 0.0446. The zero-order valence-corrected chi connectivity index (χ0v) is 17.1. The molecule has 1 aromatic rings. The summed E-state index contributed by atoms with van der Waals surface area (Å²) in [5.74, 6) is 0.0446. The first-order chi connectivity index (χ1) is 13.0.